The number of carbonyl (C=O) groups excluding carboxylic acids is 1. The zero-order chi connectivity index (χ0) is 16.3. The number of halogens is 1. The number of aromatic nitrogens is 2. The Kier molecular flexibility index (Phi) is 4.93. The van der Waals surface area contributed by atoms with E-state index in [1.807, 2.05) is 0 Å². The van der Waals surface area contributed by atoms with Gasteiger partial charge in [-0.15, -0.1) is 0 Å². The number of ether oxygens (including phenoxy) is 1. The van der Waals surface area contributed by atoms with Crippen LogP contribution < -0.4 is 5.73 Å². The van der Waals surface area contributed by atoms with Crippen LogP contribution in [-0.4, -0.2) is 33.8 Å². The minimum absolute atomic E-state index is 0.204. The van der Waals surface area contributed by atoms with Crippen molar-refractivity contribution in [2.24, 2.45) is 5.73 Å². The van der Waals surface area contributed by atoms with Gasteiger partial charge in [0.2, 0.25) is 0 Å². The van der Waals surface area contributed by atoms with E-state index in [2.05, 4.69) is 25.8 Å². The molecule has 2 N–H and O–H groups in total. The maximum Gasteiger partial charge on any atom is 0.404 e. The van der Waals surface area contributed by atoms with Crippen LogP contribution in [0.5, 0.6) is 0 Å². The Morgan fingerprint density at radius 1 is 1.59 bits per heavy atom. The highest BCUT2D eigenvalue weighted by Crippen LogP contribution is 2.22. The van der Waals surface area contributed by atoms with Crippen molar-refractivity contribution in [1.82, 2.24) is 9.78 Å². The second-order valence-electron chi connectivity index (χ2n) is 4.46. The van der Waals surface area contributed by atoms with Gasteiger partial charge in [-0.2, -0.15) is 4.68 Å². The molecule has 0 aromatic carbocycles. The first kappa shape index (κ1) is 16.2. The van der Waals surface area contributed by atoms with Crippen molar-refractivity contribution >= 4 is 27.7 Å². The minimum atomic E-state index is -0.802. The van der Waals surface area contributed by atoms with Crippen LogP contribution in [0.25, 0.3) is 0 Å². The fourth-order valence-corrected chi connectivity index (χ4v) is 2.28. The molecule has 0 spiro atoms. The van der Waals surface area contributed by atoms with Crippen molar-refractivity contribution in [2.45, 2.75) is 19.0 Å². The first-order valence-corrected chi connectivity index (χ1v) is 6.98. The molecule has 0 saturated heterocycles. The molecule has 0 bridgehead atoms. The number of methoxy groups -OCH3 is 1. The van der Waals surface area contributed by atoms with Crippen LogP contribution in [0, 0.1) is 10.1 Å². The molecule has 2 aromatic heterocycles. The molecule has 0 amide bonds. The molecule has 9 nitrogen and oxygen atoms in total. The highest BCUT2D eigenvalue weighted by molar-refractivity contribution is 9.10. The van der Waals surface area contributed by atoms with Crippen molar-refractivity contribution < 1.29 is 18.9 Å². The third-order valence-corrected chi connectivity index (χ3v) is 3.39. The van der Waals surface area contributed by atoms with Crippen molar-refractivity contribution in [3.63, 3.8) is 0 Å². The fraction of sp³-hybridized carbons (Fsp3) is 0.333. The van der Waals surface area contributed by atoms with Gasteiger partial charge in [0.25, 0.3) is 0 Å². The van der Waals surface area contributed by atoms with Crippen LogP contribution in [0.2, 0.25) is 0 Å². The number of furan rings is 1. The third kappa shape index (κ3) is 3.71. The number of nitrogens with zero attached hydrogens (tertiary/aromatic N) is 3. The number of rotatable bonds is 6. The number of carbonyl (C=O) groups is 1. The van der Waals surface area contributed by atoms with Gasteiger partial charge in [0, 0.05) is 6.42 Å². The predicted octanol–water partition coefficient (Wildman–Crippen LogP) is 1.24. The molecule has 0 radical (unpaired) electrons. The van der Waals surface area contributed by atoms with E-state index in [0.29, 0.717) is 11.5 Å². The largest absolute Gasteiger partial charge is 0.468 e. The summed E-state index contributed by atoms with van der Waals surface area (Å²) in [4.78, 5) is 21.4. The fourth-order valence-electron chi connectivity index (χ4n) is 1.82. The van der Waals surface area contributed by atoms with E-state index in [9.17, 15) is 14.9 Å². The highest BCUT2D eigenvalue weighted by atomic mass is 79.9. The number of nitrogens with two attached hydrogens (primary N) is 1. The van der Waals surface area contributed by atoms with Crippen molar-refractivity contribution in [2.75, 3.05) is 7.11 Å². The predicted molar refractivity (Wildman–Crippen MR) is 78.1 cm³/mol. The molecule has 0 aliphatic carbocycles. The Morgan fingerprint density at radius 2 is 2.27 bits per heavy atom. The van der Waals surface area contributed by atoms with Gasteiger partial charge in [0.15, 0.2) is 0 Å². The van der Waals surface area contributed by atoms with Crippen LogP contribution in [0.3, 0.4) is 0 Å². The summed E-state index contributed by atoms with van der Waals surface area (Å²) in [7, 11) is 1.26. The lowest BCUT2D eigenvalue weighted by atomic mass is 10.2. The second-order valence-corrected chi connectivity index (χ2v) is 5.31. The van der Waals surface area contributed by atoms with Crippen LogP contribution in [0.1, 0.15) is 11.5 Å². The van der Waals surface area contributed by atoms with E-state index in [1.165, 1.54) is 18.0 Å². The van der Waals surface area contributed by atoms with E-state index in [1.54, 1.807) is 12.1 Å². The van der Waals surface area contributed by atoms with Gasteiger partial charge < -0.3 is 25.0 Å². The number of nitro groups is 1. The quantitative estimate of drug-likeness (QED) is 0.458. The van der Waals surface area contributed by atoms with E-state index in [0.717, 1.165) is 0 Å². The van der Waals surface area contributed by atoms with Gasteiger partial charge in [-0.1, -0.05) is 0 Å². The zero-order valence-electron chi connectivity index (χ0n) is 11.6. The van der Waals surface area contributed by atoms with Crippen LogP contribution in [0.15, 0.2) is 27.2 Å². The first-order chi connectivity index (χ1) is 10.4. The van der Waals surface area contributed by atoms with Crippen LogP contribution in [0.4, 0.5) is 5.82 Å². The average Bonchev–Trinajstić information content (AvgIpc) is 3.05. The Hall–Kier alpha value is -2.20. The van der Waals surface area contributed by atoms with Gasteiger partial charge in [0.05, 0.1) is 18.4 Å². The lowest BCUT2D eigenvalue weighted by molar-refractivity contribution is -0.390. The molecule has 1 atom stereocenters. The summed E-state index contributed by atoms with van der Waals surface area (Å²) in [6.45, 7) is 0.222. The molecule has 0 aliphatic heterocycles. The van der Waals surface area contributed by atoms with Crippen LogP contribution in [-0.2, 0) is 22.5 Å². The maximum atomic E-state index is 11.2. The Balaban J connectivity index is 2.04. The smallest absolute Gasteiger partial charge is 0.404 e. The van der Waals surface area contributed by atoms with Crippen molar-refractivity contribution in [3.05, 3.63) is 44.4 Å². The summed E-state index contributed by atoms with van der Waals surface area (Å²) in [6, 6.07) is 2.58. The summed E-state index contributed by atoms with van der Waals surface area (Å²) in [5.41, 5.74) is 5.64. The van der Waals surface area contributed by atoms with E-state index < -0.39 is 16.9 Å². The normalized spacial score (nSPS) is 12.1. The summed E-state index contributed by atoms with van der Waals surface area (Å²) < 4.78 is 11.7. The summed E-state index contributed by atoms with van der Waals surface area (Å²) in [5, 5.41) is 14.6. The third-order valence-electron chi connectivity index (χ3n) is 2.83. The molecule has 118 valence electrons. The zero-order valence-corrected chi connectivity index (χ0v) is 13.1. The topological polar surface area (TPSA) is 126 Å². The Morgan fingerprint density at radius 3 is 2.86 bits per heavy atom. The molecule has 2 aromatic rings. The molecule has 0 fully saturated rings. The number of hydrogen-bond acceptors (Lipinski definition) is 7. The lowest BCUT2D eigenvalue weighted by Gasteiger charge is -2.06. The molecule has 1 unspecified atom stereocenters. The standard InChI is InChI=1S/C12H13BrN4O5/c1-21-12(18)10(14)4-7-2-3-8(22-7)5-16-6-9(13)11(15-16)17(19)20/h2-3,6,10H,4-5,14H2,1H3. The van der Waals surface area contributed by atoms with Gasteiger partial charge in [-0.25, -0.2) is 0 Å². The molecule has 2 heterocycles. The van der Waals surface area contributed by atoms with E-state index in [-0.39, 0.29) is 23.3 Å². The second kappa shape index (κ2) is 6.71. The molecule has 2 rings (SSSR count). The maximum absolute atomic E-state index is 11.2. The monoisotopic (exact) mass is 372 g/mol. The van der Waals surface area contributed by atoms with Gasteiger partial charge in [0.1, 0.15) is 28.6 Å². The van der Waals surface area contributed by atoms with Crippen molar-refractivity contribution in [3.8, 4) is 0 Å². The van der Waals surface area contributed by atoms with Crippen molar-refractivity contribution in [1.29, 1.82) is 0 Å². The number of esters is 1. The number of hydrogen-bond donors (Lipinski definition) is 1. The summed E-state index contributed by atoms with van der Waals surface area (Å²) in [6.07, 6.45) is 1.69. The van der Waals surface area contributed by atoms with Gasteiger partial charge >= 0.3 is 11.8 Å². The molecule has 0 aliphatic rings. The highest BCUT2D eigenvalue weighted by Gasteiger charge is 2.20. The van der Waals surface area contributed by atoms with E-state index in [4.69, 9.17) is 10.2 Å². The van der Waals surface area contributed by atoms with Gasteiger partial charge in [-0.3, -0.25) is 4.79 Å². The first-order valence-electron chi connectivity index (χ1n) is 6.19. The summed E-state index contributed by atoms with van der Waals surface area (Å²) in [5.74, 6) is 0.273. The molecular formula is C12H13BrN4O5. The molecule has 22 heavy (non-hydrogen) atoms. The molecule has 10 heteroatoms. The average molecular weight is 373 g/mol. The molecular weight excluding hydrogens is 360 g/mol. The lowest BCUT2D eigenvalue weighted by Crippen LogP contribution is -2.33. The van der Waals surface area contributed by atoms with Crippen LogP contribution >= 0.6 is 15.9 Å². The Bertz CT molecular complexity index is 696. The van der Waals surface area contributed by atoms with Gasteiger partial charge in [-0.05, 0) is 33.0 Å². The minimum Gasteiger partial charge on any atom is -0.468 e. The summed E-state index contributed by atoms with van der Waals surface area (Å²) >= 11 is 3.07. The molecule has 0 saturated carbocycles. The van der Waals surface area contributed by atoms with E-state index >= 15 is 0 Å². The Labute approximate surface area is 133 Å². The SMILES string of the molecule is COC(=O)C(N)Cc1ccc(Cn2cc(Br)c([N+](=O)[O-])n2)o1.